The molecule has 1 fully saturated rings. The van der Waals surface area contributed by atoms with Crippen LogP contribution in [0.5, 0.6) is 0 Å². The van der Waals surface area contributed by atoms with E-state index in [1.54, 1.807) is 12.1 Å². The number of cyclic esters (lactones) is 1. The molecule has 1 aliphatic rings. The lowest BCUT2D eigenvalue weighted by Crippen LogP contribution is -2.24. The third kappa shape index (κ3) is 2.04. The van der Waals surface area contributed by atoms with Gasteiger partial charge in [-0.1, -0.05) is 6.07 Å². The highest BCUT2D eigenvalue weighted by atomic mass is 35.5. The summed E-state index contributed by atoms with van der Waals surface area (Å²) in [6, 6.07) is 5.81. The lowest BCUT2D eigenvalue weighted by molar-refractivity contribution is 0.151. The van der Waals surface area contributed by atoms with Crippen molar-refractivity contribution in [2.45, 2.75) is 6.10 Å². The number of hydrogen-bond acceptors (Lipinski definition) is 2. The van der Waals surface area contributed by atoms with Crippen molar-refractivity contribution in [1.29, 1.82) is 0 Å². The quantitative estimate of drug-likeness (QED) is 0.729. The lowest BCUT2D eigenvalue weighted by atomic mass is 10.3. The molecular weight excluding hydrogens is 221 g/mol. The van der Waals surface area contributed by atoms with E-state index in [2.05, 4.69) is 0 Å². The fourth-order valence-electron chi connectivity index (χ4n) is 1.46. The average molecular weight is 230 g/mol. The van der Waals surface area contributed by atoms with E-state index in [-0.39, 0.29) is 17.8 Å². The first kappa shape index (κ1) is 10.2. The van der Waals surface area contributed by atoms with E-state index >= 15 is 0 Å². The predicted molar refractivity (Wildman–Crippen MR) is 54.7 cm³/mol. The maximum absolute atomic E-state index is 12.9. The molecule has 1 aliphatic heterocycles. The van der Waals surface area contributed by atoms with Gasteiger partial charge in [-0.05, 0) is 18.2 Å². The number of halogens is 2. The zero-order valence-corrected chi connectivity index (χ0v) is 8.58. The second-order valence-corrected chi connectivity index (χ2v) is 3.56. The summed E-state index contributed by atoms with van der Waals surface area (Å²) in [6.45, 7) is 0.367. The molecule has 0 aromatic heterocycles. The molecule has 0 bridgehead atoms. The number of rotatable bonds is 2. The molecule has 3 nitrogen and oxygen atoms in total. The van der Waals surface area contributed by atoms with Crippen LogP contribution in [-0.4, -0.2) is 24.6 Å². The first-order valence-corrected chi connectivity index (χ1v) is 5.04. The second-order valence-electron chi connectivity index (χ2n) is 3.25. The highest BCUT2D eigenvalue weighted by Crippen LogP contribution is 2.22. The Hall–Kier alpha value is -1.29. The van der Waals surface area contributed by atoms with Gasteiger partial charge < -0.3 is 4.74 Å². The molecule has 1 atom stereocenters. The maximum atomic E-state index is 12.9. The van der Waals surface area contributed by atoms with E-state index in [0.29, 0.717) is 12.2 Å². The molecule has 1 heterocycles. The summed E-state index contributed by atoms with van der Waals surface area (Å²) >= 11 is 5.58. The average Bonchev–Trinajstić information content (AvgIpc) is 2.60. The first-order valence-electron chi connectivity index (χ1n) is 4.50. The minimum absolute atomic E-state index is 0.248. The van der Waals surface area contributed by atoms with Crippen LogP contribution >= 0.6 is 11.6 Å². The molecule has 0 saturated carbocycles. The smallest absolute Gasteiger partial charge is 0.414 e. The molecule has 1 unspecified atom stereocenters. The van der Waals surface area contributed by atoms with Gasteiger partial charge in [0.15, 0.2) is 0 Å². The van der Waals surface area contributed by atoms with Crippen molar-refractivity contribution in [3.63, 3.8) is 0 Å². The standard InChI is InChI=1S/C10H9ClFNO2/c11-5-9-6-13(10(14)15-9)8-3-1-2-7(12)4-8/h1-4,9H,5-6H2. The fourth-order valence-corrected chi connectivity index (χ4v) is 1.62. The summed E-state index contributed by atoms with van der Waals surface area (Å²) in [5.41, 5.74) is 0.493. The Morgan fingerprint density at radius 3 is 3.00 bits per heavy atom. The third-order valence-corrected chi connectivity index (χ3v) is 2.51. The number of nitrogens with zero attached hydrogens (tertiary/aromatic N) is 1. The van der Waals surface area contributed by atoms with Crippen molar-refractivity contribution in [3.05, 3.63) is 30.1 Å². The number of carbonyl (C=O) groups excluding carboxylic acids is 1. The molecule has 80 valence electrons. The Balaban J connectivity index is 2.21. The summed E-state index contributed by atoms with van der Waals surface area (Å²) < 4.78 is 17.9. The van der Waals surface area contributed by atoms with Crippen LogP contribution in [0.15, 0.2) is 24.3 Å². The highest BCUT2D eigenvalue weighted by Gasteiger charge is 2.31. The molecule has 0 aliphatic carbocycles. The molecule has 0 N–H and O–H groups in total. The lowest BCUT2D eigenvalue weighted by Gasteiger charge is -2.12. The van der Waals surface area contributed by atoms with Gasteiger partial charge >= 0.3 is 6.09 Å². The summed E-state index contributed by atoms with van der Waals surface area (Å²) in [5.74, 6) is -0.132. The largest absolute Gasteiger partial charge is 0.443 e. The zero-order chi connectivity index (χ0) is 10.8. The van der Waals surface area contributed by atoms with Crippen LogP contribution < -0.4 is 4.90 Å². The molecule has 1 aromatic carbocycles. The Morgan fingerprint density at radius 2 is 2.40 bits per heavy atom. The monoisotopic (exact) mass is 229 g/mol. The van der Waals surface area contributed by atoms with Gasteiger partial charge in [0, 0.05) is 0 Å². The Labute approximate surface area is 91.4 Å². The molecule has 2 rings (SSSR count). The van der Waals surface area contributed by atoms with Crippen LogP contribution in [0.2, 0.25) is 0 Å². The van der Waals surface area contributed by atoms with E-state index in [1.807, 2.05) is 0 Å². The molecule has 1 saturated heterocycles. The van der Waals surface area contributed by atoms with Crippen molar-refractivity contribution in [2.24, 2.45) is 0 Å². The number of amides is 1. The van der Waals surface area contributed by atoms with Crippen molar-refractivity contribution < 1.29 is 13.9 Å². The highest BCUT2D eigenvalue weighted by molar-refractivity contribution is 6.18. The molecular formula is C10H9ClFNO2. The topological polar surface area (TPSA) is 29.5 Å². The van der Waals surface area contributed by atoms with Crippen LogP contribution in [0.4, 0.5) is 14.9 Å². The summed E-state index contributed by atoms with van der Waals surface area (Å²) in [4.78, 5) is 12.7. The van der Waals surface area contributed by atoms with Gasteiger partial charge in [-0.2, -0.15) is 0 Å². The Bertz CT molecular complexity index is 385. The SMILES string of the molecule is O=C1OC(CCl)CN1c1cccc(F)c1. The number of anilines is 1. The van der Waals surface area contributed by atoms with Crippen molar-refractivity contribution >= 4 is 23.4 Å². The minimum Gasteiger partial charge on any atom is -0.443 e. The van der Waals surface area contributed by atoms with E-state index in [4.69, 9.17) is 16.3 Å². The van der Waals surface area contributed by atoms with Crippen molar-refractivity contribution in [1.82, 2.24) is 0 Å². The van der Waals surface area contributed by atoms with Gasteiger partial charge in [-0.3, -0.25) is 4.90 Å². The Morgan fingerprint density at radius 1 is 1.60 bits per heavy atom. The number of benzene rings is 1. The van der Waals surface area contributed by atoms with Crippen LogP contribution in [0.1, 0.15) is 0 Å². The van der Waals surface area contributed by atoms with Crippen molar-refractivity contribution in [2.75, 3.05) is 17.3 Å². The van der Waals surface area contributed by atoms with E-state index in [1.165, 1.54) is 17.0 Å². The number of carbonyl (C=O) groups is 1. The molecule has 15 heavy (non-hydrogen) atoms. The maximum Gasteiger partial charge on any atom is 0.414 e. The summed E-state index contributed by atoms with van der Waals surface area (Å²) in [6.07, 6.45) is -0.798. The third-order valence-electron chi connectivity index (χ3n) is 2.17. The van der Waals surface area contributed by atoms with Crippen molar-refractivity contribution in [3.8, 4) is 0 Å². The molecule has 0 radical (unpaired) electrons. The molecule has 1 aromatic rings. The predicted octanol–water partition coefficient (Wildman–Crippen LogP) is 2.39. The van der Waals surface area contributed by atoms with Gasteiger partial charge in [0.25, 0.3) is 0 Å². The fraction of sp³-hybridized carbons (Fsp3) is 0.300. The minimum atomic E-state index is -0.480. The van der Waals surface area contributed by atoms with Gasteiger partial charge in [0.2, 0.25) is 0 Å². The molecule has 0 spiro atoms. The number of alkyl halides is 1. The van der Waals surface area contributed by atoms with Gasteiger partial charge in [0.1, 0.15) is 11.9 Å². The molecule has 1 amide bonds. The van der Waals surface area contributed by atoms with E-state index in [9.17, 15) is 9.18 Å². The van der Waals surface area contributed by atoms with Gasteiger partial charge in [-0.25, -0.2) is 9.18 Å². The normalized spacial score (nSPS) is 20.5. The summed E-state index contributed by atoms with van der Waals surface area (Å²) in [7, 11) is 0. The van der Waals surface area contributed by atoms with Crippen LogP contribution in [-0.2, 0) is 4.74 Å². The molecule has 5 heteroatoms. The van der Waals surface area contributed by atoms with Gasteiger partial charge in [0.05, 0.1) is 18.1 Å². The van der Waals surface area contributed by atoms with E-state index < -0.39 is 6.09 Å². The first-order chi connectivity index (χ1) is 7.20. The van der Waals surface area contributed by atoms with Gasteiger partial charge in [-0.15, -0.1) is 11.6 Å². The number of ether oxygens (including phenoxy) is 1. The van der Waals surface area contributed by atoms with Crippen LogP contribution in [0.3, 0.4) is 0 Å². The summed E-state index contributed by atoms with van der Waals surface area (Å²) in [5, 5.41) is 0. The number of hydrogen-bond donors (Lipinski definition) is 0. The Kier molecular flexibility index (Phi) is 2.77. The second kappa shape index (κ2) is 4.06. The van der Waals surface area contributed by atoms with Crippen LogP contribution in [0.25, 0.3) is 0 Å². The van der Waals surface area contributed by atoms with Crippen LogP contribution in [0, 0.1) is 5.82 Å². The van der Waals surface area contributed by atoms with E-state index in [0.717, 1.165) is 0 Å². The zero-order valence-electron chi connectivity index (χ0n) is 7.82.